The van der Waals surface area contributed by atoms with Crippen molar-refractivity contribution in [2.24, 2.45) is 0 Å². The third-order valence-corrected chi connectivity index (χ3v) is 2.07. The molecule has 78 valence electrons. The molecule has 1 nitrogen and oxygen atoms in total. The molecule has 1 N–H and O–H groups in total. The third-order valence-electron chi connectivity index (χ3n) is 2.07. The molecule has 1 aromatic carbocycles. The highest BCUT2D eigenvalue weighted by Crippen LogP contribution is 2.18. The minimum absolute atomic E-state index is 0.0946. The van der Waals surface area contributed by atoms with Gasteiger partial charge in [0.25, 0.3) is 6.43 Å². The van der Waals surface area contributed by atoms with E-state index in [2.05, 4.69) is 5.32 Å². The summed E-state index contributed by atoms with van der Waals surface area (Å²) in [5.74, 6) is 0. The van der Waals surface area contributed by atoms with E-state index < -0.39 is 6.43 Å². The van der Waals surface area contributed by atoms with Gasteiger partial charge in [-0.2, -0.15) is 0 Å². The van der Waals surface area contributed by atoms with Crippen molar-refractivity contribution >= 4 is 0 Å². The minimum Gasteiger partial charge on any atom is -0.317 e. The Morgan fingerprint density at radius 2 is 1.86 bits per heavy atom. The van der Waals surface area contributed by atoms with Crippen LogP contribution in [0.15, 0.2) is 24.3 Å². The molecule has 0 fully saturated rings. The Labute approximate surface area is 83.1 Å². The van der Waals surface area contributed by atoms with E-state index in [9.17, 15) is 8.78 Å². The first-order valence-corrected chi connectivity index (χ1v) is 4.81. The van der Waals surface area contributed by atoms with Crippen molar-refractivity contribution in [3.8, 4) is 0 Å². The van der Waals surface area contributed by atoms with E-state index in [1.54, 1.807) is 12.1 Å². The maximum atomic E-state index is 12.2. The van der Waals surface area contributed by atoms with E-state index in [1.807, 2.05) is 6.92 Å². The Hall–Kier alpha value is -0.960. The van der Waals surface area contributed by atoms with E-state index in [0.29, 0.717) is 0 Å². The van der Waals surface area contributed by atoms with E-state index in [-0.39, 0.29) is 5.56 Å². The smallest absolute Gasteiger partial charge is 0.263 e. The molecule has 0 atom stereocenters. The summed E-state index contributed by atoms with van der Waals surface area (Å²) in [6.07, 6.45) is -1.48. The van der Waals surface area contributed by atoms with Gasteiger partial charge in [-0.15, -0.1) is 0 Å². The van der Waals surface area contributed by atoms with Gasteiger partial charge in [-0.25, -0.2) is 8.78 Å². The van der Waals surface area contributed by atoms with Crippen molar-refractivity contribution in [2.45, 2.75) is 19.8 Å². The number of alkyl halides is 2. The topological polar surface area (TPSA) is 12.0 Å². The van der Waals surface area contributed by atoms with E-state index in [4.69, 9.17) is 0 Å². The predicted molar refractivity (Wildman–Crippen MR) is 53.6 cm³/mol. The van der Waals surface area contributed by atoms with Crippen LogP contribution >= 0.6 is 0 Å². The molecule has 1 rings (SSSR count). The molecule has 0 saturated heterocycles. The van der Waals surface area contributed by atoms with Crippen LogP contribution in [-0.4, -0.2) is 13.1 Å². The Morgan fingerprint density at radius 3 is 2.36 bits per heavy atom. The lowest BCUT2D eigenvalue weighted by atomic mass is 10.1. The summed E-state index contributed by atoms with van der Waals surface area (Å²) < 4.78 is 24.4. The molecular formula is C11H15F2N. The van der Waals surface area contributed by atoms with Crippen LogP contribution in [0.3, 0.4) is 0 Å². The van der Waals surface area contributed by atoms with Crippen molar-refractivity contribution in [3.05, 3.63) is 35.4 Å². The summed E-state index contributed by atoms with van der Waals surface area (Å²) in [6.45, 7) is 3.87. The standard InChI is InChI=1S/C11H15F2N/c1-2-14-8-7-9-3-5-10(6-4-9)11(12)13/h3-6,11,14H,2,7-8H2,1H3. The van der Waals surface area contributed by atoms with Gasteiger partial charge in [0.15, 0.2) is 0 Å². The fraction of sp³-hybridized carbons (Fsp3) is 0.455. The van der Waals surface area contributed by atoms with Crippen LogP contribution in [0.2, 0.25) is 0 Å². The molecule has 0 spiro atoms. The summed E-state index contributed by atoms with van der Waals surface area (Å²) in [5.41, 5.74) is 1.19. The van der Waals surface area contributed by atoms with Gasteiger partial charge >= 0.3 is 0 Å². The molecular weight excluding hydrogens is 184 g/mol. The lowest BCUT2D eigenvalue weighted by Crippen LogP contribution is -2.15. The first-order chi connectivity index (χ1) is 6.74. The Bertz CT molecular complexity index is 256. The fourth-order valence-corrected chi connectivity index (χ4v) is 1.24. The quantitative estimate of drug-likeness (QED) is 0.719. The molecule has 0 aliphatic rings. The second-order valence-electron chi connectivity index (χ2n) is 3.15. The largest absolute Gasteiger partial charge is 0.317 e. The molecule has 14 heavy (non-hydrogen) atoms. The number of rotatable bonds is 5. The van der Waals surface area contributed by atoms with Crippen LogP contribution in [-0.2, 0) is 6.42 Å². The van der Waals surface area contributed by atoms with Gasteiger partial charge in [0.1, 0.15) is 0 Å². The number of halogens is 2. The molecule has 0 unspecified atom stereocenters. The molecule has 0 aromatic heterocycles. The van der Waals surface area contributed by atoms with Gasteiger partial charge in [0.2, 0.25) is 0 Å². The van der Waals surface area contributed by atoms with Crippen molar-refractivity contribution in [3.63, 3.8) is 0 Å². The van der Waals surface area contributed by atoms with Gasteiger partial charge in [-0.05, 0) is 25.1 Å². The highest BCUT2D eigenvalue weighted by molar-refractivity contribution is 5.23. The van der Waals surface area contributed by atoms with Crippen LogP contribution in [0.4, 0.5) is 8.78 Å². The van der Waals surface area contributed by atoms with Crippen molar-refractivity contribution < 1.29 is 8.78 Å². The van der Waals surface area contributed by atoms with Crippen molar-refractivity contribution in [1.29, 1.82) is 0 Å². The first-order valence-electron chi connectivity index (χ1n) is 4.81. The van der Waals surface area contributed by atoms with Crippen LogP contribution in [0.1, 0.15) is 24.5 Å². The lowest BCUT2D eigenvalue weighted by Gasteiger charge is -2.03. The summed E-state index contributed by atoms with van der Waals surface area (Å²) in [6, 6.07) is 6.51. The molecule has 3 heteroatoms. The average molecular weight is 199 g/mol. The predicted octanol–water partition coefficient (Wildman–Crippen LogP) is 2.78. The zero-order valence-electron chi connectivity index (χ0n) is 8.26. The Morgan fingerprint density at radius 1 is 1.21 bits per heavy atom. The summed E-state index contributed by atoms with van der Waals surface area (Å²) in [4.78, 5) is 0. The van der Waals surface area contributed by atoms with Gasteiger partial charge in [0.05, 0.1) is 0 Å². The maximum Gasteiger partial charge on any atom is 0.263 e. The zero-order chi connectivity index (χ0) is 10.4. The SMILES string of the molecule is CCNCCc1ccc(C(F)F)cc1. The van der Waals surface area contributed by atoms with Gasteiger partial charge in [-0.3, -0.25) is 0 Å². The maximum absolute atomic E-state index is 12.2. The molecule has 0 radical (unpaired) electrons. The number of benzene rings is 1. The van der Waals surface area contributed by atoms with E-state index in [1.165, 1.54) is 12.1 Å². The Balaban J connectivity index is 2.47. The fourth-order valence-electron chi connectivity index (χ4n) is 1.24. The molecule has 0 heterocycles. The second kappa shape index (κ2) is 5.70. The molecule has 0 amide bonds. The number of nitrogens with one attached hydrogen (secondary N) is 1. The summed E-state index contributed by atoms with van der Waals surface area (Å²) in [7, 11) is 0. The van der Waals surface area contributed by atoms with Gasteiger partial charge < -0.3 is 5.32 Å². The zero-order valence-corrected chi connectivity index (χ0v) is 8.26. The van der Waals surface area contributed by atoms with Gasteiger partial charge in [-0.1, -0.05) is 31.2 Å². The highest BCUT2D eigenvalue weighted by atomic mass is 19.3. The highest BCUT2D eigenvalue weighted by Gasteiger charge is 2.05. The molecule has 0 saturated carbocycles. The number of hydrogen-bond donors (Lipinski definition) is 1. The Kier molecular flexibility index (Phi) is 4.53. The molecule has 1 aromatic rings. The monoisotopic (exact) mass is 199 g/mol. The van der Waals surface area contributed by atoms with Gasteiger partial charge in [0, 0.05) is 5.56 Å². The van der Waals surface area contributed by atoms with Crippen LogP contribution in [0.25, 0.3) is 0 Å². The summed E-state index contributed by atoms with van der Waals surface area (Å²) in [5, 5.41) is 3.19. The summed E-state index contributed by atoms with van der Waals surface area (Å²) >= 11 is 0. The van der Waals surface area contributed by atoms with Crippen LogP contribution < -0.4 is 5.32 Å². The molecule has 0 aliphatic carbocycles. The van der Waals surface area contributed by atoms with Crippen molar-refractivity contribution in [2.75, 3.05) is 13.1 Å². The first kappa shape index (κ1) is 11.1. The molecule has 0 bridgehead atoms. The van der Waals surface area contributed by atoms with E-state index in [0.717, 1.165) is 25.1 Å². The van der Waals surface area contributed by atoms with Crippen LogP contribution in [0, 0.1) is 0 Å². The van der Waals surface area contributed by atoms with Crippen molar-refractivity contribution in [1.82, 2.24) is 5.32 Å². The molecule has 0 aliphatic heterocycles. The number of hydrogen-bond acceptors (Lipinski definition) is 1. The second-order valence-corrected chi connectivity index (χ2v) is 3.15. The minimum atomic E-state index is -2.36. The lowest BCUT2D eigenvalue weighted by molar-refractivity contribution is 0.151. The third kappa shape index (κ3) is 3.42. The van der Waals surface area contributed by atoms with Crippen LogP contribution in [0.5, 0.6) is 0 Å². The number of likely N-dealkylation sites (N-methyl/N-ethyl adjacent to an activating group) is 1. The van der Waals surface area contributed by atoms with E-state index >= 15 is 0 Å². The average Bonchev–Trinajstić information content (AvgIpc) is 2.19. The normalized spacial score (nSPS) is 10.9.